The molecule has 0 aliphatic heterocycles. The average Bonchev–Trinajstić information content (AvgIpc) is 2.88. The first-order chi connectivity index (χ1) is 8.45. The highest BCUT2D eigenvalue weighted by atomic mass is 16.5. The fourth-order valence-electron chi connectivity index (χ4n) is 2.42. The molecule has 94 valence electrons. The smallest absolute Gasteiger partial charge is 0.119 e. The quantitative estimate of drug-likeness (QED) is 0.730. The van der Waals surface area contributed by atoms with Gasteiger partial charge in [0.15, 0.2) is 0 Å². The Morgan fingerprint density at radius 1 is 1.12 bits per heavy atom. The molecule has 0 unspecified atom stereocenters. The van der Waals surface area contributed by atoms with Crippen LogP contribution >= 0.6 is 0 Å². The Morgan fingerprint density at radius 2 is 1.88 bits per heavy atom. The van der Waals surface area contributed by atoms with Crippen molar-refractivity contribution in [3.05, 3.63) is 30.3 Å². The Hall–Kier alpha value is -1.02. The molecule has 1 fully saturated rings. The Balaban J connectivity index is 1.46. The third kappa shape index (κ3) is 4.78. The van der Waals surface area contributed by atoms with Crippen molar-refractivity contribution in [3.63, 3.8) is 0 Å². The summed E-state index contributed by atoms with van der Waals surface area (Å²) in [6.45, 7) is 3.08. The molecule has 1 aromatic carbocycles. The molecule has 0 radical (unpaired) electrons. The van der Waals surface area contributed by atoms with Gasteiger partial charge in [0.25, 0.3) is 0 Å². The van der Waals surface area contributed by atoms with Crippen molar-refractivity contribution in [2.75, 3.05) is 19.7 Å². The van der Waals surface area contributed by atoms with Crippen LogP contribution in [0, 0.1) is 5.92 Å². The lowest BCUT2D eigenvalue weighted by atomic mass is 10.1. The second-order valence-corrected chi connectivity index (χ2v) is 4.87. The first kappa shape index (κ1) is 12.4. The normalized spacial score (nSPS) is 16.2. The van der Waals surface area contributed by atoms with E-state index in [1.165, 1.54) is 32.2 Å². The molecule has 2 nitrogen and oxygen atoms in total. The fourth-order valence-corrected chi connectivity index (χ4v) is 2.42. The Kier molecular flexibility index (Phi) is 5.37. The van der Waals surface area contributed by atoms with Gasteiger partial charge in [-0.25, -0.2) is 0 Å². The van der Waals surface area contributed by atoms with Crippen LogP contribution in [0.2, 0.25) is 0 Å². The molecule has 0 spiro atoms. The van der Waals surface area contributed by atoms with Gasteiger partial charge in [0, 0.05) is 0 Å². The molecule has 1 aromatic rings. The maximum Gasteiger partial charge on any atom is 0.119 e. The molecule has 0 atom stereocenters. The summed E-state index contributed by atoms with van der Waals surface area (Å²) in [6.07, 6.45) is 6.80. The second-order valence-electron chi connectivity index (χ2n) is 4.87. The number of nitrogens with one attached hydrogen (secondary N) is 1. The maximum absolute atomic E-state index is 5.64. The lowest BCUT2D eigenvalue weighted by Gasteiger charge is -2.10. The van der Waals surface area contributed by atoms with E-state index < -0.39 is 0 Å². The van der Waals surface area contributed by atoms with Gasteiger partial charge in [-0.2, -0.15) is 0 Å². The molecule has 2 rings (SSSR count). The summed E-state index contributed by atoms with van der Waals surface area (Å²) < 4.78 is 5.64. The summed E-state index contributed by atoms with van der Waals surface area (Å²) in [6, 6.07) is 10.0. The third-order valence-corrected chi connectivity index (χ3v) is 3.42. The van der Waals surface area contributed by atoms with Gasteiger partial charge < -0.3 is 10.1 Å². The minimum Gasteiger partial charge on any atom is -0.494 e. The maximum atomic E-state index is 5.64. The van der Waals surface area contributed by atoms with Crippen molar-refractivity contribution in [1.82, 2.24) is 5.32 Å². The highest BCUT2D eigenvalue weighted by Gasteiger charge is 2.13. The van der Waals surface area contributed by atoms with Gasteiger partial charge in [0.2, 0.25) is 0 Å². The molecule has 0 bridgehead atoms. The van der Waals surface area contributed by atoms with E-state index in [0.29, 0.717) is 0 Å². The van der Waals surface area contributed by atoms with Crippen LogP contribution in [0.15, 0.2) is 30.3 Å². The van der Waals surface area contributed by atoms with Crippen LogP contribution in [-0.2, 0) is 0 Å². The largest absolute Gasteiger partial charge is 0.494 e. The van der Waals surface area contributed by atoms with Gasteiger partial charge in [-0.15, -0.1) is 0 Å². The van der Waals surface area contributed by atoms with Crippen molar-refractivity contribution in [1.29, 1.82) is 0 Å². The summed E-state index contributed by atoms with van der Waals surface area (Å²) >= 11 is 0. The van der Waals surface area contributed by atoms with Crippen molar-refractivity contribution >= 4 is 0 Å². The van der Waals surface area contributed by atoms with E-state index >= 15 is 0 Å². The summed E-state index contributed by atoms with van der Waals surface area (Å²) in [5, 5.41) is 3.53. The molecular weight excluding hydrogens is 210 g/mol. The van der Waals surface area contributed by atoms with E-state index in [1.54, 1.807) is 0 Å². The van der Waals surface area contributed by atoms with Gasteiger partial charge in [-0.05, 0) is 50.4 Å². The highest BCUT2D eigenvalue weighted by Crippen LogP contribution is 2.23. The number of hydrogen-bond acceptors (Lipinski definition) is 2. The number of benzene rings is 1. The number of ether oxygens (including phenoxy) is 1. The lowest BCUT2D eigenvalue weighted by Crippen LogP contribution is -2.23. The van der Waals surface area contributed by atoms with Crippen molar-refractivity contribution < 1.29 is 4.74 Å². The molecule has 0 aromatic heterocycles. The SMILES string of the molecule is c1ccc(OCCCNCC2CCCC2)cc1. The molecule has 1 saturated carbocycles. The van der Waals surface area contributed by atoms with Crippen molar-refractivity contribution in [3.8, 4) is 5.75 Å². The van der Waals surface area contributed by atoms with E-state index in [1.807, 2.05) is 30.3 Å². The molecule has 1 aliphatic rings. The van der Waals surface area contributed by atoms with E-state index in [-0.39, 0.29) is 0 Å². The zero-order valence-corrected chi connectivity index (χ0v) is 10.5. The van der Waals surface area contributed by atoms with E-state index in [4.69, 9.17) is 4.74 Å². The van der Waals surface area contributed by atoms with E-state index in [9.17, 15) is 0 Å². The van der Waals surface area contributed by atoms with Crippen LogP contribution in [0.1, 0.15) is 32.1 Å². The second kappa shape index (κ2) is 7.33. The van der Waals surface area contributed by atoms with Crippen LogP contribution in [0.5, 0.6) is 5.75 Å². The summed E-state index contributed by atoms with van der Waals surface area (Å²) in [5.41, 5.74) is 0. The van der Waals surface area contributed by atoms with Crippen molar-refractivity contribution in [2.24, 2.45) is 5.92 Å². The summed E-state index contributed by atoms with van der Waals surface area (Å²) in [4.78, 5) is 0. The Bertz CT molecular complexity index is 293. The van der Waals surface area contributed by atoms with Gasteiger partial charge in [0.05, 0.1) is 6.61 Å². The molecule has 2 heteroatoms. The predicted octanol–water partition coefficient (Wildman–Crippen LogP) is 3.24. The average molecular weight is 233 g/mol. The standard InChI is InChI=1S/C15H23NO/c1-2-9-15(10-3-1)17-12-6-11-16-13-14-7-4-5-8-14/h1-3,9-10,14,16H,4-8,11-13H2. The van der Waals surface area contributed by atoms with E-state index in [2.05, 4.69) is 5.32 Å². The molecule has 0 saturated heterocycles. The van der Waals surface area contributed by atoms with Crippen LogP contribution in [-0.4, -0.2) is 19.7 Å². The van der Waals surface area contributed by atoms with Gasteiger partial charge in [-0.3, -0.25) is 0 Å². The first-order valence-corrected chi connectivity index (χ1v) is 6.84. The zero-order valence-electron chi connectivity index (χ0n) is 10.5. The Morgan fingerprint density at radius 3 is 2.65 bits per heavy atom. The molecule has 0 heterocycles. The number of para-hydroxylation sites is 1. The number of hydrogen-bond donors (Lipinski definition) is 1. The molecule has 0 amide bonds. The summed E-state index contributed by atoms with van der Waals surface area (Å²) in [5.74, 6) is 1.91. The van der Waals surface area contributed by atoms with Crippen LogP contribution in [0.3, 0.4) is 0 Å². The van der Waals surface area contributed by atoms with E-state index in [0.717, 1.165) is 31.2 Å². The lowest BCUT2D eigenvalue weighted by molar-refractivity contribution is 0.306. The third-order valence-electron chi connectivity index (χ3n) is 3.42. The molecule has 1 N–H and O–H groups in total. The Labute approximate surface area is 104 Å². The fraction of sp³-hybridized carbons (Fsp3) is 0.600. The van der Waals surface area contributed by atoms with Crippen LogP contribution < -0.4 is 10.1 Å². The predicted molar refractivity (Wildman–Crippen MR) is 71.4 cm³/mol. The monoisotopic (exact) mass is 233 g/mol. The first-order valence-electron chi connectivity index (χ1n) is 6.84. The minimum absolute atomic E-state index is 0.807. The van der Waals surface area contributed by atoms with Crippen LogP contribution in [0.25, 0.3) is 0 Å². The number of rotatable bonds is 7. The summed E-state index contributed by atoms with van der Waals surface area (Å²) in [7, 11) is 0. The zero-order chi connectivity index (χ0) is 11.8. The molecule has 17 heavy (non-hydrogen) atoms. The molecular formula is C15H23NO. The van der Waals surface area contributed by atoms with Crippen molar-refractivity contribution in [2.45, 2.75) is 32.1 Å². The molecule has 1 aliphatic carbocycles. The van der Waals surface area contributed by atoms with Gasteiger partial charge >= 0.3 is 0 Å². The highest BCUT2D eigenvalue weighted by molar-refractivity contribution is 5.20. The topological polar surface area (TPSA) is 21.3 Å². The van der Waals surface area contributed by atoms with Gasteiger partial charge in [0.1, 0.15) is 5.75 Å². The minimum atomic E-state index is 0.807. The van der Waals surface area contributed by atoms with Gasteiger partial charge in [-0.1, -0.05) is 31.0 Å². The van der Waals surface area contributed by atoms with Crippen LogP contribution in [0.4, 0.5) is 0 Å².